The third kappa shape index (κ3) is 2.90. The molecule has 4 rings (SSSR count). The maximum atomic E-state index is 13.4. The maximum absolute atomic E-state index is 13.4. The van der Waals surface area contributed by atoms with Gasteiger partial charge in [0.2, 0.25) is 0 Å². The Hall–Kier alpha value is -3.04. The van der Waals surface area contributed by atoms with Crippen LogP contribution >= 0.6 is 0 Å². The van der Waals surface area contributed by atoms with Crippen LogP contribution in [0.1, 0.15) is 30.0 Å². The van der Waals surface area contributed by atoms with Gasteiger partial charge in [0, 0.05) is 25.1 Å². The minimum atomic E-state index is -4.58. The second kappa shape index (κ2) is 6.00. The summed E-state index contributed by atoms with van der Waals surface area (Å²) in [5, 5.41) is 11.5. The van der Waals surface area contributed by atoms with Gasteiger partial charge in [-0.25, -0.2) is 14.3 Å². The Bertz CT molecular complexity index is 1090. The molecule has 1 aliphatic heterocycles. The molecule has 7 nitrogen and oxygen atoms in total. The molecule has 10 heteroatoms. The maximum Gasteiger partial charge on any atom is 0.417 e. The van der Waals surface area contributed by atoms with Gasteiger partial charge in [-0.15, -0.1) is 0 Å². The van der Waals surface area contributed by atoms with E-state index >= 15 is 0 Å². The Morgan fingerprint density at radius 1 is 1.26 bits per heavy atom. The van der Waals surface area contributed by atoms with Gasteiger partial charge in [-0.05, 0) is 25.0 Å². The Kier molecular flexibility index (Phi) is 3.86. The van der Waals surface area contributed by atoms with Crippen LogP contribution in [0.25, 0.3) is 16.6 Å². The summed E-state index contributed by atoms with van der Waals surface area (Å²) in [6, 6.07) is 4.99. The fraction of sp³-hybridized carbons (Fsp3) is 0.353. The van der Waals surface area contributed by atoms with Crippen LogP contribution in [0.3, 0.4) is 0 Å². The molecule has 2 aromatic heterocycles. The molecule has 1 saturated heterocycles. The van der Waals surface area contributed by atoms with Gasteiger partial charge in [0.1, 0.15) is 0 Å². The quantitative estimate of drug-likeness (QED) is 0.679. The number of halogens is 3. The number of rotatable bonds is 1. The van der Waals surface area contributed by atoms with Crippen LogP contribution in [0.15, 0.2) is 29.1 Å². The molecule has 0 atom stereocenters. The van der Waals surface area contributed by atoms with Crippen molar-refractivity contribution in [1.29, 1.82) is 0 Å². The molecule has 0 saturated carbocycles. The standard InChI is InChI=1S/C17H15F3N4O3/c18-17(19,20)10-2-1-3-11-14(10)15-21-12(8-13(25)24(15)22-11)9-4-6-23(7-5-9)16(26)27/h1-3,8-9,22H,4-7H2,(H,26,27). The number of likely N-dealkylation sites (tertiary alicyclic amines) is 1. The molecule has 3 heterocycles. The van der Waals surface area contributed by atoms with Crippen molar-refractivity contribution in [2.75, 3.05) is 13.1 Å². The second-order valence-electron chi connectivity index (χ2n) is 6.56. The second-order valence-corrected chi connectivity index (χ2v) is 6.56. The number of carboxylic acid groups (broad SMARTS) is 1. The van der Waals surface area contributed by atoms with E-state index in [1.54, 1.807) is 0 Å². The predicted octanol–water partition coefficient (Wildman–Crippen LogP) is 3.05. The van der Waals surface area contributed by atoms with Crippen molar-refractivity contribution in [2.24, 2.45) is 0 Å². The molecule has 0 spiro atoms. The van der Waals surface area contributed by atoms with Crippen molar-refractivity contribution in [3.63, 3.8) is 0 Å². The number of hydrogen-bond donors (Lipinski definition) is 2. The highest BCUT2D eigenvalue weighted by atomic mass is 19.4. The number of H-pyrrole nitrogens is 1. The first-order chi connectivity index (χ1) is 12.8. The van der Waals surface area contributed by atoms with Gasteiger partial charge in [0.15, 0.2) is 5.65 Å². The lowest BCUT2D eigenvalue weighted by atomic mass is 9.93. The molecule has 1 fully saturated rings. The van der Waals surface area contributed by atoms with E-state index in [0.717, 1.165) is 10.6 Å². The number of aromatic amines is 1. The van der Waals surface area contributed by atoms with Gasteiger partial charge in [0.25, 0.3) is 5.56 Å². The van der Waals surface area contributed by atoms with Crippen LogP contribution in [0.5, 0.6) is 0 Å². The summed E-state index contributed by atoms with van der Waals surface area (Å²) in [6.07, 6.45) is -4.67. The number of piperidine rings is 1. The molecule has 1 aromatic carbocycles. The van der Waals surface area contributed by atoms with E-state index in [2.05, 4.69) is 10.1 Å². The molecule has 27 heavy (non-hydrogen) atoms. The summed E-state index contributed by atoms with van der Waals surface area (Å²) in [5.74, 6) is -0.179. The van der Waals surface area contributed by atoms with E-state index in [1.165, 1.54) is 23.1 Å². The lowest BCUT2D eigenvalue weighted by molar-refractivity contribution is -0.136. The van der Waals surface area contributed by atoms with Gasteiger partial charge in [-0.2, -0.15) is 13.2 Å². The summed E-state index contributed by atoms with van der Waals surface area (Å²) in [7, 11) is 0. The fourth-order valence-electron chi connectivity index (χ4n) is 3.59. The lowest BCUT2D eigenvalue weighted by Gasteiger charge is -2.29. The van der Waals surface area contributed by atoms with E-state index in [1.807, 2.05) is 0 Å². The number of carbonyl (C=O) groups is 1. The van der Waals surface area contributed by atoms with Crippen LogP contribution in [0.4, 0.5) is 18.0 Å². The average molecular weight is 380 g/mol. The molecule has 0 aliphatic carbocycles. The largest absolute Gasteiger partial charge is 0.465 e. The predicted molar refractivity (Wildman–Crippen MR) is 89.9 cm³/mol. The molecule has 0 radical (unpaired) electrons. The SMILES string of the molecule is O=C(O)N1CCC(c2cc(=O)n3[nH]c4cccc(C(F)(F)F)c4c3n2)CC1. The van der Waals surface area contributed by atoms with E-state index < -0.39 is 23.4 Å². The normalized spacial score (nSPS) is 16.3. The molecule has 0 unspecified atom stereocenters. The minimum absolute atomic E-state index is 0.0684. The number of benzene rings is 1. The monoisotopic (exact) mass is 380 g/mol. The van der Waals surface area contributed by atoms with E-state index in [4.69, 9.17) is 5.11 Å². The molecule has 0 bridgehead atoms. The van der Waals surface area contributed by atoms with Crippen molar-refractivity contribution in [2.45, 2.75) is 24.9 Å². The van der Waals surface area contributed by atoms with Crippen LogP contribution in [0, 0.1) is 0 Å². The van der Waals surface area contributed by atoms with Gasteiger partial charge in [0.05, 0.1) is 22.2 Å². The molecule has 1 amide bonds. The van der Waals surface area contributed by atoms with Crippen molar-refractivity contribution in [1.82, 2.24) is 19.5 Å². The number of nitrogens with zero attached hydrogens (tertiary/aromatic N) is 3. The summed E-state index contributed by atoms with van der Waals surface area (Å²) in [4.78, 5) is 29.1. The molecule has 2 N–H and O–H groups in total. The van der Waals surface area contributed by atoms with E-state index in [-0.39, 0.29) is 22.5 Å². The third-order valence-electron chi connectivity index (χ3n) is 4.95. The summed E-state index contributed by atoms with van der Waals surface area (Å²) < 4.78 is 41.2. The molecular formula is C17H15F3N4O3. The first-order valence-corrected chi connectivity index (χ1v) is 8.35. The Morgan fingerprint density at radius 2 is 1.96 bits per heavy atom. The summed E-state index contributed by atoms with van der Waals surface area (Å²) >= 11 is 0. The summed E-state index contributed by atoms with van der Waals surface area (Å²) in [5.41, 5.74) is -0.861. The fourth-order valence-corrected chi connectivity index (χ4v) is 3.59. The van der Waals surface area contributed by atoms with Crippen molar-refractivity contribution in [3.05, 3.63) is 45.9 Å². The molecule has 142 valence electrons. The van der Waals surface area contributed by atoms with Gasteiger partial charge in [-0.1, -0.05) is 6.07 Å². The Morgan fingerprint density at radius 3 is 2.59 bits per heavy atom. The number of amides is 1. The van der Waals surface area contributed by atoms with Gasteiger partial charge >= 0.3 is 12.3 Å². The van der Waals surface area contributed by atoms with Gasteiger partial charge in [-0.3, -0.25) is 9.89 Å². The average Bonchev–Trinajstić information content (AvgIpc) is 3.00. The first-order valence-electron chi connectivity index (χ1n) is 8.35. The van der Waals surface area contributed by atoms with E-state index in [0.29, 0.717) is 31.6 Å². The highest BCUT2D eigenvalue weighted by molar-refractivity contribution is 5.95. The Balaban J connectivity index is 1.84. The molecule has 3 aromatic rings. The van der Waals surface area contributed by atoms with Crippen molar-refractivity contribution < 1.29 is 23.1 Å². The van der Waals surface area contributed by atoms with Crippen LogP contribution in [-0.2, 0) is 6.18 Å². The Labute approximate surface area is 150 Å². The zero-order chi connectivity index (χ0) is 19.3. The smallest absolute Gasteiger partial charge is 0.417 e. The number of nitrogens with one attached hydrogen (secondary N) is 1. The van der Waals surface area contributed by atoms with Crippen LogP contribution in [0.2, 0.25) is 0 Å². The van der Waals surface area contributed by atoms with Crippen LogP contribution in [-0.4, -0.2) is 43.8 Å². The number of hydrogen-bond acceptors (Lipinski definition) is 3. The third-order valence-corrected chi connectivity index (χ3v) is 4.95. The number of aromatic nitrogens is 3. The van der Waals surface area contributed by atoms with Gasteiger partial charge < -0.3 is 10.0 Å². The zero-order valence-corrected chi connectivity index (χ0v) is 14.0. The first kappa shape index (κ1) is 17.4. The number of fused-ring (bicyclic) bond motifs is 3. The highest BCUT2D eigenvalue weighted by Gasteiger charge is 2.34. The zero-order valence-electron chi connectivity index (χ0n) is 14.0. The van der Waals surface area contributed by atoms with Crippen molar-refractivity contribution in [3.8, 4) is 0 Å². The summed E-state index contributed by atoms with van der Waals surface area (Å²) in [6.45, 7) is 0.589. The number of alkyl halides is 3. The minimum Gasteiger partial charge on any atom is -0.465 e. The topological polar surface area (TPSA) is 90.7 Å². The lowest BCUT2D eigenvalue weighted by Crippen LogP contribution is -2.37. The highest BCUT2D eigenvalue weighted by Crippen LogP contribution is 2.36. The van der Waals surface area contributed by atoms with Crippen LogP contribution < -0.4 is 5.56 Å². The molecular weight excluding hydrogens is 365 g/mol. The molecule has 1 aliphatic rings. The van der Waals surface area contributed by atoms with E-state index in [9.17, 15) is 22.8 Å². The van der Waals surface area contributed by atoms with Crippen molar-refractivity contribution >= 4 is 22.6 Å².